The lowest BCUT2D eigenvalue weighted by atomic mass is 10.0. The van der Waals surface area contributed by atoms with Gasteiger partial charge in [-0.05, 0) is 52.2 Å². The van der Waals surface area contributed by atoms with Crippen molar-refractivity contribution in [3.63, 3.8) is 0 Å². The summed E-state index contributed by atoms with van der Waals surface area (Å²) in [6.45, 7) is 2.00. The standard InChI is InChI=1S/C26H22FNO3.ClH/c27-21-9-5-18(6-10-21)16-29-24-12-8-20-3-1-2-4-22(20)23(24)15-28-14-19-7-11-25-26(13-19)31-17-30-25;/h1-13,28H,14-17H2;1H. The molecule has 0 saturated carbocycles. The molecule has 6 heteroatoms. The summed E-state index contributed by atoms with van der Waals surface area (Å²) in [5.41, 5.74) is 3.15. The highest BCUT2D eigenvalue weighted by Crippen LogP contribution is 2.33. The van der Waals surface area contributed by atoms with Crippen LogP contribution in [0.5, 0.6) is 17.2 Å². The third-order valence-corrected chi connectivity index (χ3v) is 5.37. The molecule has 1 aliphatic rings. The smallest absolute Gasteiger partial charge is 0.231 e. The fourth-order valence-electron chi connectivity index (χ4n) is 3.76. The molecule has 1 aliphatic heterocycles. The number of nitrogens with one attached hydrogen (secondary N) is 1. The Morgan fingerprint density at radius 2 is 1.59 bits per heavy atom. The third kappa shape index (κ3) is 4.79. The molecule has 1 heterocycles. The fourth-order valence-corrected chi connectivity index (χ4v) is 3.76. The first-order valence-electron chi connectivity index (χ1n) is 10.2. The number of halogens is 2. The first kappa shape index (κ1) is 21.9. The van der Waals surface area contributed by atoms with Crippen LogP contribution in [0.25, 0.3) is 10.8 Å². The van der Waals surface area contributed by atoms with Crippen LogP contribution in [0.4, 0.5) is 4.39 Å². The van der Waals surface area contributed by atoms with Crippen LogP contribution in [0.15, 0.2) is 78.9 Å². The first-order chi connectivity index (χ1) is 15.3. The second-order valence-electron chi connectivity index (χ2n) is 7.47. The minimum Gasteiger partial charge on any atom is -0.489 e. The van der Waals surface area contributed by atoms with E-state index >= 15 is 0 Å². The van der Waals surface area contributed by atoms with Crippen molar-refractivity contribution in [2.75, 3.05) is 6.79 Å². The van der Waals surface area contributed by atoms with Gasteiger partial charge < -0.3 is 19.5 Å². The zero-order valence-corrected chi connectivity index (χ0v) is 18.2. The summed E-state index contributed by atoms with van der Waals surface area (Å²) in [4.78, 5) is 0. The summed E-state index contributed by atoms with van der Waals surface area (Å²) in [5.74, 6) is 2.14. The fraction of sp³-hybridized carbons (Fsp3) is 0.154. The zero-order valence-electron chi connectivity index (χ0n) is 17.3. The topological polar surface area (TPSA) is 39.7 Å². The van der Waals surface area contributed by atoms with Crippen LogP contribution < -0.4 is 19.5 Å². The Morgan fingerprint density at radius 1 is 0.812 bits per heavy atom. The molecule has 0 atom stereocenters. The Balaban J connectivity index is 0.00000245. The largest absolute Gasteiger partial charge is 0.489 e. The second kappa shape index (κ2) is 9.90. The van der Waals surface area contributed by atoms with Gasteiger partial charge in [0, 0.05) is 18.7 Å². The van der Waals surface area contributed by atoms with E-state index in [1.165, 1.54) is 12.1 Å². The van der Waals surface area contributed by atoms with Gasteiger partial charge in [-0.15, -0.1) is 12.4 Å². The monoisotopic (exact) mass is 451 g/mol. The van der Waals surface area contributed by atoms with Gasteiger partial charge in [-0.1, -0.05) is 48.5 Å². The second-order valence-corrected chi connectivity index (χ2v) is 7.47. The average molecular weight is 452 g/mol. The number of ether oxygens (including phenoxy) is 3. The number of hydrogen-bond acceptors (Lipinski definition) is 4. The van der Waals surface area contributed by atoms with E-state index in [1.54, 1.807) is 12.1 Å². The summed E-state index contributed by atoms with van der Waals surface area (Å²) in [5, 5.41) is 5.84. The zero-order chi connectivity index (χ0) is 21.0. The van der Waals surface area contributed by atoms with Crippen molar-refractivity contribution in [1.29, 1.82) is 0 Å². The lowest BCUT2D eigenvalue weighted by Crippen LogP contribution is -2.14. The van der Waals surface area contributed by atoms with Gasteiger partial charge in [-0.2, -0.15) is 0 Å². The molecular formula is C26H23ClFNO3. The maximum atomic E-state index is 13.2. The molecule has 4 aromatic rings. The molecule has 0 saturated heterocycles. The van der Waals surface area contributed by atoms with Gasteiger partial charge >= 0.3 is 0 Å². The summed E-state index contributed by atoms with van der Waals surface area (Å²) >= 11 is 0. The Morgan fingerprint density at radius 3 is 2.47 bits per heavy atom. The van der Waals surface area contributed by atoms with Crippen molar-refractivity contribution in [3.8, 4) is 17.2 Å². The minimum absolute atomic E-state index is 0. The van der Waals surface area contributed by atoms with E-state index < -0.39 is 0 Å². The van der Waals surface area contributed by atoms with Crippen molar-refractivity contribution < 1.29 is 18.6 Å². The van der Waals surface area contributed by atoms with Crippen LogP contribution >= 0.6 is 12.4 Å². The van der Waals surface area contributed by atoms with Gasteiger partial charge in [0.15, 0.2) is 11.5 Å². The molecule has 164 valence electrons. The van der Waals surface area contributed by atoms with Crippen LogP contribution in [0.2, 0.25) is 0 Å². The number of hydrogen-bond donors (Lipinski definition) is 1. The highest BCUT2D eigenvalue weighted by atomic mass is 35.5. The predicted molar refractivity (Wildman–Crippen MR) is 125 cm³/mol. The van der Waals surface area contributed by atoms with Crippen molar-refractivity contribution in [2.24, 2.45) is 0 Å². The Hall–Kier alpha value is -3.28. The molecule has 0 radical (unpaired) electrons. The van der Waals surface area contributed by atoms with Gasteiger partial charge in [-0.25, -0.2) is 4.39 Å². The van der Waals surface area contributed by atoms with Gasteiger partial charge in [0.1, 0.15) is 18.2 Å². The molecule has 0 aliphatic carbocycles. The third-order valence-electron chi connectivity index (χ3n) is 5.37. The van der Waals surface area contributed by atoms with E-state index in [2.05, 4.69) is 23.5 Å². The van der Waals surface area contributed by atoms with Crippen LogP contribution in [-0.4, -0.2) is 6.79 Å². The molecule has 4 aromatic carbocycles. The average Bonchev–Trinajstić information content (AvgIpc) is 3.27. The number of rotatable bonds is 7. The number of fused-ring (bicyclic) bond motifs is 2. The molecule has 0 spiro atoms. The van der Waals surface area contributed by atoms with E-state index in [1.807, 2.05) is 36.4 Å². The highest BCUT2D eigenvalue weighted by Gasteiger charge is 2.14. The molecule has 1 N–H and O–H groups in total. The molecule has 0 unspecified atom stereocenters. The quantitative estimate of drug-likeness (QED) is 0.374. The van der Waals surface area contributed by atoms with Gasteiger partial charge in [0.25, 0.3) is 0 Å². The maximum Gasteiger partial charge on any atom is 0.231 e. The number of benzene rings is 4. The van der Waals surface area contributed by atoms with E-state index in [0.29, 0.717) is 19.7 Å². The lowest BCUT2D eigenvalue weighted by molar-refractivity contribution is 0.174. The molecule has 0 fully saturated rings. The van der Waals surface area contributed by atoms with E-state index in [4.69, 9.17) is 14.2 Å². The minimum atomic E-state index is -0.247. The highest BCUT2D eigenvalue weighted by molar-refractivity contribution is 5.87. The normalized spacial score (nSPS) is 11.9. The van der Waals surface area contributed by atoms with Crippen LogP contribution in [0.1, 0.15) is 16.7 Å². The van der Waals surface area contributed by atoms with Gasteiger partial charge in [-0.3, -0.25) is 0 Å². The molecule has 0 bridgehead atoms. The molecular weight excluding hydrogens is 429 g/mol. The maximum absolute atomic E-state index is 13.2. The van der Waals surface area contributed by atoms with Crippen molar-refractivity contribution >= 4 is 23.2 Å². The van der Waals surface area contributed by atoms with Crippen molar-refractivity contribution in [2.45, 2.75) is 19.7 Å². The SMILES string of the molecule is Cl.Fc1ccc(COc2ccc3ccccc3c2CNCc2ccc3c(c2)OCO3)cc1. The molecule has 0 aromatic heterocycles. The summed E-state index contributed by atoms with van der Waals surface area (Å²) in [6.07, 6.45) is 0. The van der Waals surface area contributed by atoms with Gasteiger partial charge in [0.05, 0.1) is 0 Å². The Kier molecular flexibility index (Phi) is 6.78. The Labute approximate surface area is 192 Å². The van der Waals surface area contributed by atoms with Crippen LogP contribution in [-0.2, 0) is 19.7 Å². The summed E-state index contributed by atoms with van der Waals surface area (Å²) in [7, 11) is 0. The molecule has 0 amide bonds. The predicted octanol–water partition coefficient (Wildman–Crippen LogP) is 6.00. The van der Waals surface area contributed by atoms with Crippen molar-refractivity contribution in [1.82, 2.24) is 5.32 Å². The Bertz CT molecular complexity index is 1210. The van der Waals surface area contributed by atoms with E-state index in [0.717, 1.165) is 44.7 Å². The van der Waals surface area contributed by atoms with E-state index in [9.17, 15) is 4.39 Å². The van der Waals surface area contributed by atoms with Crippen LogP contribution in [0.3, 0.4) is 0 Å². The van der Waals surface area contributed by atoms with Gasteiger partial charge in [0.2, 0.25) is 6.79 Å². The van der Waals surface area contributed by atoms with E-state index in [-0.39, 0.29) is 25.0 Å². The lowest BCUT2D eigenvalue weighted by Gasteiger charge is -2.15. The summed E-state index contributed by atoms with van der Waals surface area (Å²) in [6, 6.07) is 24.7. The molecule has 4 nitrogen and oxygen atoms in total. The molecule has 32 heavy (non-hydrogen) atoms. The van der Waals surface area contributed by atoms with Crippen LogP contribution in [0, 0.1) is 5.82 Å². The van der Waals surface area contributed by atoms with Crippen molar-refractivity contribution in [3.05, 3.63) is 101 Å². The molecule has 5 rings (SSSR count). The summed E-state index contributed by atoms with van der Waals surface area (Å²) < 4.78 is 30.2. The first-order valence-corrected chi connectivity index (χ1v) is 10.2.